The quantitative estimate of drug-likeness (QED) is 0.235. The molecule has 1 nitrogen and oxygen atoms in total. The van der Waals surface area contributed by atoms with Gasteiger partial charge in [-0.3, -0.25) is 0 Å². The van der Waals surface area contributed by atoms with Crippen molar-refractivity contribution in [1.29, 1.82) is 0 Å². The van der Waals surface area contributed by atoms with Gasteiger partial charge in [0.1, 0.15) is 11.2 Å². The van der Waals surface area contributed by atoms with Gasteiger partial charge in [0.2, 0.25) is 0 Å². The van der Waals surface area contributed by atoms with Gasteiger partial charge in [0.15, 0.2) is 0 Å². The van der Waals surface area contributed by atoms with Crippen LogP contribution in [0.25, 0.3) is 64.4 Å². The van der Waals surface area contributed by atoms with Gasteiger partial charge in [0.05, 0.1) is 0 Å². The summed E-state index contributed by atoms with van der Waals surface area (Å²) in [6.45, 7) is 4.63. The number of thiophene rings is 1. The number of furan rings is 1. The summed E-state index contributed by atoms with van der Waals surface area (Å²) in [5.41, 5.74) is 9.67. The second-order valence-electron chi connectivity index (χ2n) is 10.2. The normalized spacial score (nSPS) is 14.2. The van der Waals surface area contributed by atoms with E-state index >= 15 is 0 Å². The number of fused-ring (bicyclic) bond motifs is 9. The number of hydrogen-bond acceptors (Lipinski definition) is 2. The molecule has 0 radical (unpaired) electrons. The van der Waals surface area contributed by atoms with Crippen molar-refractivity contribution in [3.63, 3.8) is 0 Å². The summed E-state index contributed by atoms with van der Waals surface area (Å²) in [6, 6.07) is 35.5. The second kappa shape index (κ2) is 6.62. The first-order valence-electron chi connectivity index (χ1n) is 12.1. The third-order valence-electron chi connectivity index (χ3n) is 7.89. The molecule has 0 atom stereocenters. The summed E-state index contributed by atoms with van der Waals surface area (Å²) >= 11 is 1.86. The average molecular weight is 467 g/mol. The minimum Gasteiger partial charge on any atom is -0.455 e. The molecule has 2 aromatic heterocycles. The highest BCUT2D eigenvalue weighted by Gasteiger charge is 2.36. The van der Waals surface area contributed by atoms with Crippen LogP contribution in [0.4, 0.5) is 0 Å². The van der Waals surface area contributed by atoms with Crippen molar-refractivity contribution < 1.29 is 4.42 Å². The van der Waals surface area contributed by atoms with Gasteiger partial charge in [-0.1, -0.05) is 86.6 Å². The fourth-order valence-electron chi connectivity index (χ4n) is 6.11. The minimum absolute atomic E-state index is 0.0336. The fourth-order valence-corrected chi connectivity index (χ4v) is 7.26. The molecule has 2 heteroatoms. The number of para-hydroxylation sites is 1. The highest BCUT2D eigenvalue weighted by Crippen LogP contribution is 2.51. The predicted molar refractivity (Wildman–Crippen MR) is 150 cm³/mol. The van der Waals surface area contributed by atoms with Gasteiger partial charge < -0.3 is 4.42 Å². The third-order valence-corrected chi connectivity index (χ3v) is 9.02. The van der Waals surface area contributed by atoms with Gasteiger partial charge in [-0.25, -0.2) is 0 Å². The molecule has 0 spiro atoms. The number of benzene rings is 5. The summed E-state index contributed by atoms with van der Waals surface area (Å²) in [7, 11) is 0. The van der Waals surface area contributed by atoms with Gasteiger partial charge in [0, 0.05) is 41.9 Å². The van der Waals surface area contributed by atoms with E-state index in [2.05, 4.69) is 111 Å². The Labute approximate surface area is 207 Å². The molecule has 35 heavy (non-hydrogen) atoms. The maximum absolute atomic E-state index is 6.63. The summed E-state index contributed by atoms with van der Waals surface area (Å²) in [5, 5.41) is 5.02. The first-order chi connectivity index (χ1) is 17.1. The first-order valence-corrected chi connectivity index (χ1v) is 12.9. The summed E-state index contributed by atoms with van der Waals surface area (Å²) in [4.78, 5) is 0. The Hall–Kier alpha value is -3.88. The van der Waals surface area contributed by atoms with E-state index in [1.165, 1.54) is 58.8 Å². The van der Waals surface area contributed by atoms with Crippen LogP contribution in [0.15, 0.2) is 101 Å². The zero-order valence-electron chi connectivity index (χ0n) is 19.6. The molecule has 7 aromatic rings. The molecule has 166 valence electrons. The SMILES string of the molecule is CC1(C)c2ccccc2-c2cc3c(cc21)oc1c(-c2ccc4c(c2)sc2ccccc24)cccc13. The van der Waals surface area contributed by atoms with Gasteiger partial charge in [0.25, 0.3) is 0 Å². The topological polar surface area (TPSA) is 13.1 Å². The lowest BCUT2D eigenvalue weighted by Crippen LogP contribution is -2.14. The molecule has 0 unspecified atom stereocenters. The second-order valence-corrected chi connectivity index (χ2v) is 11.2. The van der Waals surface area contributed by atoms with Crippen LogP contribution >= 0.6 is 11.3 Å². The number of hydrogen-bond donors (Lipinski definition) is 0. The van der Waals surface area contributed by atoms with Crippen LogP contribution in [0.1, 0.15) is 25.0 Å². The summed E-state index contributed by atoms with van der Waals surface area (Å²) in [5.74, 6) is 0. The number of rotatable bonds is 1. The Morgan fingerprint density at radius 2 is 1.34 bits per heavy atom. The molecule has 0 fully saturated rings. The molecule has 8 rings (SSSR count). The van der Waals surface area contributed by atoms with Crippen molar-refractivity contribution in [1.82, 2.24) is 0 Å². The molecule has 5 aromatic carbocycles. The lowest BCUT2D eigenvalue weighted by Gasteiger charge is -2.21. The van der Waals surface area contributed by atoms with Crippen molar-refractivity contribution >= 4 is 53.4 Å². The molecule has 0 bridgehead atoms. The van der Waals surface area contributed by atoms with E-state index in [-0.39, 0.29) is 5.41 Å². The van der Waals surface area contributed by atoms with Gasteiger partial charge in [-0.05, 0) is 52.1 Å². The summed E-state index contributed by atoms with van der Waals surface area (Å²) < 4.78 is 9.28. The third kappa shape index (κ3) is 2.53. The van der Waals surface area contributed by atoms with Crippen molar-refractivity contribution in [3.8, 4) is 22.3 Å². The molecule has 0 aliphatic heterocycles. The van der Waals surface area contributed by atoms with Crippen LogP contribution < -0.4 is 0 Å². The van der Waals surface area contributed by atoms with Crippen molar-refractivity contribution in [2.24, 2.45) is 0 Å². The van der Waals surface area contributed by atoms with E-state index in [0.29, 0.717) is 0 Å². The van der Waals surface area contributed by atoms with Crippen LogP contribution in [0.3, 0.4) is 0 Å². The van der Waals surface area contributed by atoms with E-state index in [4.69, 9.17) is 4.42 Å². The maximum atomic E-state index is 6.63. The fraction of sp³-hybridized carbons (Fsp3) is 0.0909. The largest absolute Gasteiger partial charge is 0.455 e. The van der Waals surface area contributed by atoms with Crippen molar-refractivity contribution in [2.45, 2.75) is 19.3 Å². The van der Waals surface area contributed by atoms with Crippen LogP contribution in [0, 0.1) is 0 Å². The van der Waals surface area contributed by atoms with Crippen LogP contribution in [-0.2, 0) is 5.41 Å². The molecule has 0 amide bonds. The first kappa shape index (κ1) is 19.4. The van der Waals surface area contributed by atoms with Gasteiger partial charge in [-0.15, -0.1) is 11.3 Å². The van der Waals surface area contributed by atoms with Gasteiger partial charge >= 0.3 is 0 Å². The van der Waals surface area contributed by atoms with E-state index in [1.807, 2.05) is 11.3 Å². The zero-order valence-corrected chi connectivity index (χ0v) is 20.4. The van der Waals surface area contributed by atoms with E-state index in [1.54, 1.807) is 0 Å². The van der Waals surface area contributed by atoms with E-state index in [0.717, 1.165) is 16.7 Å². The smallest absolute Gasteiger partial charge is 0.143 e. The average Bonchev–Trinajstić information content (AvgIpc) is 3.51. The molecule has 0 saturated heterocycles. The van der Waals surface area contributed by atoms with E-state index in [9.17, 15) is 0 Å². The van der Waals surface area contributed by atoms with E-state index < -0.39 is 0 Å². The van der Waals surface area contributed by atoms with Crippen LogP contribution in [0.5, 0.6) is 0 Å². The molecule has 1 aliphatic carbocycles. The molecule has 0 N–H and O–H groups in total. The highest BCUT2D eigenvalue weighted by atomic mass is 32.1. The van der Waals surface area contributed by atoms with Gasteiger partial charge in [-0.2, -0.15) is 0 Å². The molecular formula is C33H22OS. The maximum Gasteiger partial charge on any atom is 0.143 e. The Morgan fingerprint density at radius 3 is 2.29 bits per heavy atom. The van der Waals surface area contributed by atoms with Crippen molar-refractivity contribution in [2.75, 3.05) is 0 Å². The van der Waals surface area contributed by atoms with Crippen molar-refractivity contribution in [3.05, 3.63) is 108 Å². The Balaban J connectivity index is 1.38. The minimum atomic E-state index is -0.0336. The zero-order chi connectivity index (χ0) is 23.3. The lowest BCUT2D eigenvalue weighted by molar-refractivity contribution is 0.648. The molecular weight excluding hydrogens is 444 g/mol. The summed E-state index contributed by atoms with van der Waals surface area (Å²) in [6.07, 6.45) is 0. The Bertz CT molecular complexity index is 1980. The lowest BCUT2D eigenvalue weighted by atomic mass is 9.82. The Morgan fingerprint density at radius 1 is 0.571 bits per heavy atom. The predicted octanol–water partition coefficient (Wildman–Crippen LogP) is 9.93. The van der Waals surface area contributed by atoms with Crippen LogP contribution in [0.2, 0.25) is 0 Å². The highest BCUT2D eigenvalue weighted by molar-refractivity contribution is 7.25. The molecule has 1 aliphatic rings. The molecule has 2 heterocycles. The standard InChI is InChI=1S/C33H22OS/c1-33(2)27-12-5-3-8-21(27)25-17-26-24-11-7-10-20(32(24)34-29(26)18-28(25)33)19-14-15-23-22-9-4-6-13-30(22)35-31(23)16-19/h3-18H,1-2H3. The molecule has 0 saturated carbocycles. The Kier molecular flexibility index (Phi) is 3.67. The monoisotopic (exact) mass is 466 g/mol. The van der Waals surface area contributed by atoms with Crippen LogP contribution in [-0.4, -0.2) is 0 Å².